The Kier molecular flexibility index (Phi) is 4.22. The van der Waals surface area contributed by atoms with Crippen molar-refractivity contribution in [3.8, 4) is 0 Å². The van der Waals surface area contributed by atoms with Crippen LogP contribution in [-0.4, -0.2) is 26.7 Å². The molecule has 0 aliphatic rings. The number of aryl methyl sites for hydroxylation is 2. The van der Waals surface area contributed by atoms with E-state index in [1.165, 1.54) is 0 Å². The van der Waals surface area contributed by atoms with Gasteiger partial charge in [0.15, 0.2) is 5.82 Å². The summed E-state index contributed by atoms with van der Waals surface area (Å²) in [6, 6.07) is 1.97. The second kappa shape index (κ2) is 6.09. The summed E-state index contributed by atoms with van der Waals surface area (Å²) in [6.45, 7) is 4.65. The smallest absolute Gasteiger partial charge is 0.228 e. The van der Waals surface area contributed by atoms with Crippen LogP contribution in [0.5, 0.6) is 0 Å². The summed E-state index contributed by atoms with van der Waals surface area (Å²) in [7, 11) is 0. The van der Waals surface area contributed by atoms with Crippen LogP contribution in [0.3, 0.4) is 0 Å². The topological polar surface area (TPSA) is 76.7 Å². The summed E-state index contributed by atoms with van der Waals surface area (Å²) < 4.78 is 5.03. The molecule has 0 radical (unpaired) electrons. The Morgan fingerprint density at radius 1 is 1.28 bits per heavy atom. The Balaban J connectivity index is 1.84. The fourth-order valence-corrected chi connectivity index (χ4v) is 1.63. The lowest BCUT2D eigenvalue weighted by molar-refractivity contribution is 0.377. The minimum Gasteiger partial charge on any atom is -0.369 e. The minimum absolute atomic E-state index is 0.642. The van der Waals surface area contributed by atoms with Crippen LogP contribution < -0.4 is 5.32 Å². The third kappa shape index (κ3) is 3.51. The zero-order chi connectivity index (χ0) is 12.8. The van der Waals surface area contributed by atoms with Gasteiger partial charge in [-0.2, -0.15) is 4.98 Å². The fourth-order valence-electron chi connectivity index (χ4n) is 1.63. The van der Waals surface area contributed by atoms with Crippen LogP contribution in [-0.2, 0) is 12.8 Å². The summed E-state index contributed by atoms with van der Waals surface area (Å²) >= 11 is 0. The Morgan fingerprint density at radius 2 is 2.17 bits per heavy atom. The second-order valence-electron chi connectivity index (χ2n) is 4.06. The van der Waals surface area contributed by atoms with Crippen molar-refractivity contribution in [3.05, 3.63) is 29.8 Å². The number of nitrogens with zero attached hydrogens (tertiary/aromatic N) is 4. The molecule has 0 aliphatic carbocycles. The minimum atomic E-state index is 0.642. The molecule has 0 aliphatic heterocycles. The van der Waals surface area contributed by atoms with Crippen molar-refractivity contribution >= 4 is 5.82 Å². The Morgan fingerprint density at radius 3 is 2.89 bits per heavy atom. The zero-order valence-electron chi connectivity index (χ0n) is 10.7. The molecule has 0 spiro atoms. The summed E-state index contributed by atoms with van der Waals surface area (Å²) in [5.74, 6) is 2.14. The van der Waals surface area contributed by atoms with Crippen molar-refractivity contribution in [2.45, 2.75) is 33.1 Å². The lowest BCUT2D eigenvalue weighted by atomic mass is 10.2. The van der Waals surface area contributed by atoms with Gasteiger partial charge in [0.2, 0.25) is 5.89 Å². The van der Waals surface area contributed by atoms with E-state index < -0.39 is 0 Å². The lowest BCUT2D eigenvalue weighted by Gasteiger charge is -2.04. The van der Waals surface area contributed by atoms with Crippen molar-refractivity contribution in [1.82, 2.24) is 20.1 Å². The maximum Gasteiger partial charge on any atom is 0.228 e. The van der Waals surface area contributed by atoms with Crippen LogP contribution >= 0.6 is 0 Å². The molecule has 18 heavy (non-hydrogen) atoms. The standard InChI is InChI=1S/C12H17N5O/c1-3-4-10-7-11(15-8-14-10)13-6-5-12-16-9(2)17-18-12/h7-8H,3-6H2,1-2H3,(H,13,14,15). The first-order valence-corrected chi connectivity index (χ1v) is 6.12. The van der Waals surface area contributed by atoms with E-state index in [1.54, 1.807) is 6.33 Å². The van der Waals surface area contributed by atoms with Gasteiger partial charge >= 0.3 is 0 Å². The highest BCUT2D eigenvalue weighted by molar-refractivity contribution is 5.34. The molecule has 0 amide bonds. The van der Waals surface area contributed by atoms with Crippen LogP contribution in [0.2, 0.25) is 0 Å². The van der Waals surface area contributed by atoms with Crippen molar-refractivity contribution in [1.29, 1.82) is 0 Å². The van der Waals surface area contributed by atoms with Crippen LogP contribution in [0, 0.1) is 6.92 Å². The highest BCUT2D eigenvalue weighted by Gasteiger charge is 2.02. The van der Waals surface area contributed by atoms with E-state index in [0.717, 1.165) is 24.4 Å². The quantitative estimate of drug-likeness (QED) is 0.838. The number of anilines is 1. The van der Waals surface area contributed by atoms with Gasteiger partial charge in [-0.3, -0.25) is 0 Å². The first-order chi connectivity index (χ1) is 8.78. The Labute approximate surface area is 106 Å². The van der Waals surface area contributed by atoms with Gasteiger partial charge in [-0.1, -0.05) is 18.5 Å². The van der Waals surface area contributed by atoms with Crippen LogP contribution in [0.4, 0.5) is 5.82 Å². The average Bonchev–Trinajstić information content (AvgIpc) is 2.76. The molecule has 2 rings (SSSR count). The van der Waals surface area contributed by atoms with Crippen molar-refractivity contribution in [2.75, 3.05) is 11.9 Å². The number of nitrogens with one attached hydrogen (secondary N) is 1. The molecule has 0 saturated heterocycles. The summed E-state index contributed by atoms with van der Waals surface area (Å²) in [4.78, 5) is 12.5. The van der Waals surface area contributed by atoms with Gasteiger partial charge in [0.05, 0.1) is 0 Å². The van der Waals surface area contributed by atoms with Crippen molar-refractivity contribution in [2.24, 2.45) is 0 Å². The van der Waals surface area contributed by atoms with Gasteiger partial charge in [-0.25, -0.2) is 9.97 Å². The van der Waals surface area contributed by atoms with E-state index in [9.17, 15) is 0 Å². The molecule has 0 bridgehead atoms. The van der Waals surface area contributed by atoms with Crippen molar-refractivity contribution < 1.29 is 4.52 Å². The Hall–Kier alpha value is -1.98. The molecule has 0 saturated carbocycles. The summed E-state index contributed by atoms with van der Waals surface area (Å²) in [5, 5.41) is 6.96. The molecule has 6 nitrogen and oxygen atoms in total. The molecule has 2 aromatic heterocycles. The third-order valence-corrected chi connectivity index (χ3v) is 2.44. The zero-order valence-corrected chi connectivity index (χ0v) is 10.7. The van der Waals surface area contributed by atoms with Gasteiger partial charge in [0.1, 0.15) is 12.1 Å². The molecule has 2 aromatic rings. The van der Waals surface area contributed by atoms with E-state index in [1.807, 2.05) is 13.0 Å². The average molecular weight is 247 g/mol. The van der Waals surface area contributed by atoms with Crippen molar-refractivity contribution in [3.63, 3.8) is 0 Å². The number of hydrogen-bond acceptors (Lipinski definition) is 6. The predicted molar refractivity (Wildman–Crippen MR) is 67.3 cm³/mol. The van der Waals surface area contributed by atoms with Gasteiger partial charge in [-0.05, 0) is 13.3 Å². The van der Waals surface area contributed by atoms with E-state index in [2.05, 4.69) is 32.3 Å². The van der Waals surface area contributed by atoms with Gasteiger partial charge in [-0.15, -0.1) is 0 Å². The first-order valence-electron chi connectivity index (χ1n) is 6.12. The molecular formula is C12H17N5O. The molecule has 1 N–H and O–H groups in total. The van der Waals surface area contributed by atoms with Gasteiger partial charge < -0.3 is 9.84 Å². The fraction of sp³-hybridized carbons (Fsp3) is 0.500. The maximum atomic E-state index is 5.03. The normalized spacial score (nSPS) is 10.6. The summed E-state index contributed by atoms with van der Waals surface area (Å²) in [5.41, 5.74) is 1.06. The third-order valence-electron chi connectivity index (χ3n) is 2.44. The molecule has 2 heterocycles. The predicted octanol–water partition coefficient (Wildman–Crippen LogP) is 1.78. The van der Waals surface area contributed by atoms with E-state index in [-0.39, 0.29) is 0 Å². The monoisotopic (exact) mass is 247 g/mol. The molecule has 6 heteroatoms. The number of hydrogen-bond donors (Lipinski definition) is 1. The maximum absolute atomic E-state index is 5.03. The van der Waals surface area contributed by atoms with Crippen LogP contribution in [0.15, 0.2) is 16.9 Å². The molecule has 0 fully saturated rings. The summed E-state index contributed by atoms with van der Waals surface area (Å²) in [6.07, 6.45) is 4.33. The van der Waals surface area contributed by atoms with E-state index >= 15 is 0 Å². The molecular weight excluding hydrogens is 230 g/mol. The second-order valence-corrected chi connectivity index (χ2v) is 4.06. The van der Waals surface area contributed by atoms with Crippen LogP contribution in [0.25, 0.3) is 0 Å². The SMILES string of the molecule is CCCc1cc(NCCc2nc(C)no2)ncn1. The van der Waals surface area contributed by atoms with Crippen LogP contribution in [0.1, 0.15) is 30.8 Å². The highest BCUT2D eigenvalue weighted by Crippen LogP contribution is 2.06. The van der Waals surface area contributed by atoms with Gasteiger partial charge in [0, 0.05) is 24.7 Å². The molecule has 0 unspecified atom stereocenters. The largest absolute Gasteiger partial charge is 0.369 e. The van der Waals surface area contributed by atoms with Gasteiger partial charge in [0.25, 0.3) is 0 Å². The molecule has 0 atom stereocenters. The molecule has 0 aromatic carbocycles. The first kappa shape index (κ1) is 12.5. The lowest BCUT2D eigenvalue weighted by Crippen LogP contribution is -2.07. The highest BCUT2D eigenvalue weighted by atomic mass is 16.5. The van der Waals surface area contributed by atoms with E-state index in [4.69, 9.17) is 4.52 Å². The number of aromatic nitrogens is 4. The van der Waals surface area contributed by atoms with E-state index in [0.29, 0.717) is 24.7 Å². The number of rotatable bonds is 6. The Bertz CT molecular complexity index is 497. The molecule has 96 valence electrons.